The number of benzene rings is 1. The van der Waals surface area contributed by atoms with Gasteiger partial charge in [0, 0.05) is 12.5 Å². The molecule has 0 saturated carbocycles. The van der Waals surface area contributed by atoms with Crippen LogP contribution >= 0.6 is 0 Å². The van der Waals surface area contributed by atoms with Crippen molar-refractivity contribution in [1.82, 2.24) is 0 Å². The van der Waals surface area contributed by atoms with E-state index < -0.39 is 29.1 Å². The van der Waals surface area contributed by atoms with Gasteiger partial charge in [-0.1, -0.05) is 13.3 Å². The molecule has 4 nitrogen and oxygen atoms in total. The van der Waals surface area contributed by atoms with Gasteiger partial charge < -0.3 is 10.4 Å². The van der Waals surface area contributed by atoms with Gasteiger partial charge >= 0.3 is 5.97 Å². The molecule has 0 saturated heterocycles. The average molecular weight is 257 g/mol. The molecule has 0 spiro atoms. The molecule has 1 aromatic carbocycles. The van der Waals surface area contributed by atoms with Crippen LogP contribution in [0.2, 0.25) is 0 Å². The first-order valence-electron chi connectivity index (χ1n) is 5.48. The Bertz CT molecular complexity index is 475. The summed E-state index contributed by atoms with van der Waals surface area (Å²) >= 11 is 0. The average Bonchev–Trinajstić information content (AvgIpc) is 2.30. The number of carboxylic acid groups (broad SMARTS) is 1. The number of hydrogen-bond donors (Lipinski definition) is 2. The van der Waals surface area contributed by atoms with E-state index in [0.29, 0.717) is 18.6 Å². The fourth-order valence-electron chi connectivity index (χ4n) is 1.38. The SMILES string of the molecule is CCCCC(=O)Nc1cc(F)c(F)cc1C(=O)O. The van der Waals surface area contributed by atoms with Gasteiger partial charge in [0.1, 0.15) is 0 Å². The number of anilines is 1. The minimum absolute atomic E-state index is 0.203. The van der Waals surface area contributed by atoms with E-state index in [0.717, 1.165) is 6.42 Å². The van der Waals surface area contributed by atoms with Crippen LogP contribution in [0.25, 0.3) is 0 Å². The molecule has 0 bridgehead atoms. The summed E-state index contributed by atoms with van der Waals surface area (Å²) in [6.45, 7) is 1.90. The number of carboxylic acids is 1. The summed E-state index contributed by atoms with van der Waals surface area (Å²) < 4.78 is 25.9. The first-order valence-corrected chi connectivity index (χ1v) is 5.48. The van der Waals surface area contributed by atoms with Crippen LogP contribution in [0.1, 0.15) is 36.5 Å². The first kappa shape index (κ1) is 14.1. The van der Waals surface area contributed by atoms with Gasteiger partial charge in [0.25, 0.3) is 0 Å². The highest BCUT2D eigenvalue weighted by Crippen LogP contribution is 2.20. The largest absolute Gasteiger partial charge is 0.478 e. The third kappa shape index (κ3) is 3.51. The molecule has 18 heavy (non-hydrogen) atoms. The zero-order valence-corrected chi connectivity index (χ0v) is 9.80. The van der Waals surface area contributed by atoms with Crippen LogP contribution in [-0.4, -0.2) is 17.0 Å². The van der Waals surface area contributed by atoms with E-state index in [-0.39, 0.29) is 12.1 Å². The van der Waals surface area contributed by atoms with Crippen LogP contribution in [-0.2, 0) is 4.79 Å². The van der Waals surface area contributed by atoms with E-state index in [4.69, 9.17) is 5.11 Å². The molecule has 2 N–H and O–H groups in total. The number of amides is 1. The van der Waals surface area contributed by atoms with Gasteiger partial charge in [-0.3, -0.25) is 4.79 Å². The predicted molar refractivity (Wildman–Crippen MR) is 61.5 cm³/mol. The monoisotopic (exact) mass is 257 g/mol. The van der Waals surface area contributed by atoms with Crippen molar-refractivity contribution in [1.29, 1.82) is 0 Å². The molecule has 0 aliphatic carbocycles. The number of carbonyl (C=O) groups is 2. The number of unbranched alkanes of at least 4 members (excludes halogenated alkanes) is 1. The predicted octanol–water partition coefficient (Wildman–Crippen LogP) is 2.79. The molecular formula is C12H13F2NO3. The van der Waals surface area contributed by atoms with Crippen molar-refractivity contribution in [2.75, 3.05) is 5.32 Å². The van der Waals surface area contributed by atoms with Crippen molar-refractivity contribution in [3.63, 3.8) is 0 Å². The summed E-state index contributed by atoms with van der Waals surface area (Å²) in [6.07, 6.45) is 1.64. The molecule has 0 atom stereocenters. The molecule has 0 aromatic heterocycles. The quantitative estimate of drug-likeness (QED) is 0.852. The fourth-order valence-corrected chi connectivity index (χ4v) is 1.38. The minimum Gasteiger partial charge on any atom is -0.478 e. The molecular weight excluding hydrogens is 244 g/mol. The molecule has 0 fully saturated rings. The fraction of sp³-hybridized carbons (Fsp3) is 0.333. The number of aromatic carboxylic acids is 1. The second-order valence-electron chi connectivity index (χ2n) is 3.77. The van der Waals surface area contributed by atoms with Crippen molar-refractivity contribution in [2.24, 2.45) is 0 Å². The maximum absolute atomic E-state index is 13.0. The Balaban J connectivity index is 2.96. The van der Waals surface area contributed by atoms with E-state index in [1.807, 2.05) is 6.92 Å². The molecule has 0 heterocycles. The van der Waals surface area contributed by atoms with Gasteiger partial charge in [-0.25, -0.2) is 13.6 Å². The molecule has 0 aliphatic heterocycles. The molecule has 98 valence electrons. The topological polar surface area (TPSA) is 66.4 Å². The number of halogens is 2. The Hall–Kier alpha value is -1.98. The zero-order chi connectivity index (χ0) is 13.7. The highest BCUT2D eigenvalue weighted by atomic mass is 19.2. The Morgan fingerprint density at radius 3 is 2.44 bits per heavy atom. The molecule has 0 radical (unpaired) electrons. The normalized spacial score (nSPS) is 10.2. The maximum atomic E-state index is 13.0. The van der Waals surface area contributed by atoms with Crippen molar-refractivity contribution >= 4 is 17.6 Å². The number of hydrogen-bond acceptors (Lipinski definition) is 2. The second kappa shape index (κ2) is 6.09. The molecule has 1 amide bonds. The Labute approximate surface area is 103 Å². The number of nitrogens with one attached hydrogen (secondary N) is 1. The van der Waals surface area contributed by atoms with E-state index in [1.165, 1.54) is 0 Å². The van der Waals surface area contributed by atoms with Crippen LogP contribution in [0.15, 0.2) is 12.1 Å². The van der Waals surface area contributed by atoms with Gasteiger partial charge in [0.2, 0.25) is 5.91 Å². The number of carbonyl (C=O) groups excluding carboxylic acids is 1. The molecule has 0 unspecified atom stereocenters. The van der Waals surface area contributed by atoms with Crippen LogP contribution in [0, 0.1) is 11.6 Å². The first-order chi connectivity index (χ1) is 8.45. The van der Waals surface area contributed by atoms with Gasteiger partial charge in [-0.05, 0) is 12.5 Å². The van der Waals surface area contributed by atoms with Crippen molar-refractivity contribution < 1.29 is 23.5 Å². The Morgan fingerprint density at radius 1 is 1.28 bits per heavy atom. The second-order valence-corrected chi connectivity index (χ2v) is 3.77. The summed E-state index contributed by atoms with van der Waals surface area (Å²) in [5.41, 5.74) is -0.707. The molecule has 6 heteroatoms. The summed E-state index contributed by atoms with van der Waals surface area (Å²) in [6, 6.07) is 1.22. The van der Waals surface area contributed by atoms with Crippen LogP contribution < -0.4 is 5.32 Å². The highest BCUT2D eigenvalue weighted by molar-refractivity contribution is 6.00. The van der Waals surface area contributed by atoms with Crippen molar-refractivity contribution in [2.45, 2.75) is 26.2 Å². The van der Waals surface area contributed by atoms with Crippen molar-refractivity contribution in [3.8, 4) is 0 Å². The zero-order valence-electron chi connectivity index (χ0n) is 9.80. The lowest BCUT2D eigenvalue weighted by Gasteiger charge is -2.08. The summed E-state index contributed by atoms with van der Waals surface area (Å²) in [5, 5.41) is 11.1. The van der Waals surface area contributed by atoms with Crippen LogP contribution in [0.5, 0.6) is 0 Å². The highest BCUT2D eigenvalue weighted by Gasteiger charge is 2.16. The van der Waals surface area contributed by atoms with Crippen molar-refractivity contribution in [3.05, 3.63) is 29.3 Å². The Kier molecular flexibility index (Phi) is 4.76. The van der Waals surface area contributed by atoms with Gasteiger partial charge in [0.05, 0.1) is 11.3 Å². The van der Waals surface area contributed by atoms with E-state index in [2.05, 4.69) is 5.32 Å². The van der Waals surface area contributed by atoms with Gasteiger partial charge in [-0.2, -0.15) is 0 Å². The van der Waals surface area contributed by atoms with Crippen LogP contribution in [0.4, 0.5) is 14.5 Å². The standard InChI is InChI=1S/C12H13F2NO3/c1-2-3-4-11(16)15-10-6-9(14)8(13)5-7(10)12(17)18/h5-6H,2-4H2,1H3,(H,15,16)(H,17,18). The van der Waals surface area contributed by atoms with E-state index in [1.54, 1.807) is 0 Å². The van der Waals surface area contributed by atoms with Gasteiger partial charge in [-0.15, -0.1) is 0 Å². The maximum Gasteiger partial charge on any atom is 0.337 e. The third-order valence-corrected chi connectivity index (χ3v) is 2.32. The lowest BCUT2D eigenvalue weighted by molar-refractivity contribution is -0.116. The number of rotatable bonds is 5. The summed E-state index contributed by atoms with van der Waals surface area (Å²) in [4.78, 5) is 22.3. The smallest absolute Gasteiger partial charge is 0.337 e. The lowest BCUT2D eigenvalue weighted by atomic mass is 10.1. The third-order valence-electron chi connectivity index (χ3n) is 2.32. The lowest BCUT2D eigenvalue weighted by Crippen LogP contribution is -2.15. The Morgan fingerprint density at radius 2 is 1.89 bits per heavy atom. The molecule has 0 aliphatic rings. The van der Waals surface area contributed by atoms with E-state index >= 15 is 0 Å². The molecule has 1 aromatic rings. The van der Waals surface area contributed by atoms with Gasteiger partial charge in [0.15, 0.2) is 11.6 Å². The molecule has 1 rings (SSSR count). The summed E-state index contributed by atoms with van der Waals surface area (Å²) in [7, 11) is 0. The van der Waals surface area contributed by atoms with Crippen LogP contribution in [0.3, 0.4) is 0 Å². The minimum atomic E-state index is -1.43. The van der Waals surface area contributed by atoms with E-state index in [9.17, 15) is 18.4 Å². The summed E-state index contributed by atoms with van der Waals surface area (Å²) in [5.74, 6) is -4.32.